The van der Waals surface area contributed by atoms with Crippen molar-refractivity contribution in [2.24, 2.45) is 0 Å². The summed E-state index contributed by atoms with van der Waals surface area (Å²) in [7, 11) is 0. The SMILES string of the molecule is OC(=S)c1ccoc1-c1ccccc1. The van der Waals surface area contributed by atoms with Gasteiger partial charge < -0.3 is 9.52 Å². The summed E-state index contributed by atoms with van der Waals surface area (Å²) in [6, 6.07) is 11.2. The second-order valence-electron chi connectivity index (χ2n) is 2.83. The summed E-state index contributed by atoms with van der Waals surface area (Å²) < 4.78 is 5.26. The molecular formula is C11H8O2S. The van der Waals surface area contributed by atoms with Gasteiger partial charge in [0.1, 0.15) is 5.76 Å². The summed E-state index contributed by atoms with van der Waals surface area (Å²) in [6.45, 7) is 0. The topological polar surface area (TPSA) is 33.4 Å². The van der Waals surface area contributed by atoms with Crippen LogP contribution in [0.1, 0.15) is 5.56 Å². The average Bonchev–Trinajstić information content (AvgIpc) is 2.67. The van der Waals surface area contributed by atoms with Crippen LogP contribution < -0.4 is 0 Å². The maximum Gasteiger partial charge on any atom is 0.192 e. The lowest BCUT2D eigenvalue weighted by molar-refractivity contribution is 0.563. The molecule has 1 N–H and O–H groups in total. The van der Waals surface area contributed by atoms with Crippen molar-refractivity contribution in [3.05, 3.63) is 48.2 Å². The third-order valence-corrected chi connectivity index (χ3v) is 2.15. The molecule has 70 valence electrons. The van der Waals surface area contributed by atoms with Crippen molar-refractivity contribution >= 4 is 17.3 Å². The van der Waals surface area contributed by atoms with Crippen LogP contribution in [0.25, 0.3) is 11.3 Å². The minimum atomic E-state index is -0.141. The highest BCUT2D eigenvalue weighted by Crippen LogP contribution is 2.24. The fraction of sp³-hybridized carbons (Fsp3) is 0. The van der Waals surface area contributed by atoms with E-state index < -0.39 is 0 Å². The predicted molar refractivity (Wildman–Crippen MR) is 58.5 cm³/mol. The maximum absolute atomic E-state index is 9.23. The normalized spacial score (nSPS) is 10.0. The Kier molecular flexibility index (Phi) is 2.33. The highest BCUT2D eigenvalue weighted by atomic mass is 32.1. The summed E-state index contributed by atoms with van der Waals surface area (Å²) in [4.78, 5) is 0. The van der Waals surface area contributed by atoms with E-state index in [9.17, 15) is 5.11 Å². The van der Waals surface area contributed by atoms with E-state index >= 15 is 0 Å². The van der Waals surface area contributed by atoms with E-state index in [1.165, 1.54) is 6.26 Å². The Labute approximate surface area is 86.8 Å². The number of aliphatic hydroxyl groups is 1. The van der Waals surface area contributed by atoms with Gasteiger partial charge in [-0.05, 0) is 18.3 Å². The van der Waals surface area contributed by atoms with Crippen molar-refractivity contribution in [2.75, 3.05) is 0 Å². The summed E-state index contributed by atoms with van der Waals surface area (Å²) in [6.07, 6.45) is 1.51. The van der Waals surface area contributed by atoms with Crippen molar-refractivity contribution in [1.29, 1.82) is 0 Å². The Morgan fingerprint density at radius 2 is 1.86 bits per heavy atom. The van der Waals surface area contributed by atoms with E-state index in [1.807, 2.05) is 30.3 Å². The highest BCUT2D eigenvalue weighted by molar-refractivity contribution is 7.80. The molecule has 1 aromatic carbocycles. The Balaban J connectivity index is 2.52. The minimum Gasteiger partial charge on any atom is -0.498 e. The standard InChI is InChI=1S/C11H8O2S/c12-11(14)9-6-7-13-10(9)8-4-2-1-3-5-8/h1-7H,(H,12,14). The molecule has 0 saturated heterocycles. The van der Waals surface area contributed by atoms with E-state index in [2.05, 4.69) is 0 Å². The Morgan fingerprint density at radius 1 is 1.14 bits per heavy atom. The second kappa shape index (κ2) is 3.64. The molecule has 0 saturated carbocycles. The molecule has 0 amide bonds. The third kappa shape index (κ3) is 1.54. The van der Waals surface area contributed by atoms with Gasteiger partial charge in [-0.2, -0.15) is 0 Å². The third-order valence-electron chi connectivity index (χ3n) is 1.93. The molecule has 0 spiro atoms. The molecule has 3 heteroatoms. The van der Waals surface area contributed by atoms with Crippen LogP contribution in [0.3, 0.4) is 0 Å². The number of aliphatic hydroxyl groups excluding tert-OH is 1. The zero-order chi connectivity index (χ0) is 9.97. The van der Waals surface area contributed by atoms with Gasteiger partial charge in [-0.3, -0.25) is 0 Å². The van der Waals surface area contributed by atoms with E-state index in [0.717, 1.165) is 5.56 Å². The predicted octanol–water partition coefficient (Wildman–Crippen LogP) is 3.18. The quantitative estimate of drug-likeness (QED) is 0.763. The summed E-state index contributed by atoms with van der Waals surface area (Å²) in [5, 5.41) is 9.09. The van der Waals surface area contributed by atoms with Crippen LogP contribution in [0.2, 0.25) is 0 Å². The molecule has 2 nitrogen and oxygen atoms in total. The number of hydrogen-bond donors (Lipinski definition) is 1. The van der Waals surface area contributed by atoms with Crippen LogP contribution in [0.15, 0.2) is 47.1 Å². The molecule has 1 heterocycles. The second-order valence-corrected chi connectivity index (χ2v) is 3.22. The monoisotopic (exact) mass is 204 g/mol. The van der Waals surface area contributed by atoms with E-state index in [1.54, 1.807) is 6.07 Å². The van der Waals surface area contributed by atoms with Gasteiger partial charge in [0.15, 0.2) is 5.05 Å². The fourth-order valence-corrected chi connectivity index (χ4v) is 1.45. The Hall–Kier alpha value is -1.61. The average molecular weight is 204 g/mol. The van der Waals surface area contributed by atoms with Crippen molar-refractivity contribution in [3.63, 3.8) is 0 Å². The first-order valence-corrected chi connectivity index (χ1v) is 4.56. The Bertz CT molecular complexity index is 445. The largest absolute Gasteiger partial charge is 0.498 e. The van der Waals surface area contributed by atoms with Crippen molar-refractivity contribution < 1.29 is 9.52 Å². The molecule has 0 fully saturated rings. The van der Waals surface area contributed by atoms with Crippen LogP contribution >= 0.6 is 12.2 Å². The van der Waals surface area contributed by atoms with Gasteiger partial charge in [-0.15, -0.1) is 0 Å². The van der Waals surface area contributed by atoms with Gasteiger partial charge in [-0.25, -0.2) is 0 Å². The van der Waals surface area contributed by atoms with Crippen LogP contribution in [0.4, 0.5) is 0 Å². The van der Waals surface area contributed by atoms with Gasteiger partial charge in [-0.1, -0.05) is 30.3 Å². The maximum atomic E-state index is 9.23. The Morgan fingerprint density at radius 3 is 2.50 bits per heavy atom. The summed E-state index contributed by atoms with van der Waals surface area (Å²) in [5.74, 6) is 0.609. The molecule has 0 radical (unpaired) electrons. The first-order valence-electron chi connectivity index (χ1n) is 4.15. The molecular weight excluding hydrogens is 196 g/mol. The number of hydrogen-bond acceptors (Lipinski definition) is 2. The van der Waals surface area contributed by atoms with Gasteiger partial charge in [0, 0.05) is 5.56 Å². The lowest BCUT2D eigenvalue weighted by Crippen LogP contribution is -1.93. The molecule has 14 heavy (non-hydrogen) atoms. The zero-order valence-corrected chi connectivity index (χ0v) is 8.12. The van der Waals surface area contributed by atoms with Gasteiger partial charge in [0.2, 0.25) is 0 Å². The van der Waals surface area contributed by atoms with Gasteiger partial charge in [0.25, 0.3) is 0 Å². The summed E-state index contributed by atoms with van der Waals surface area (Å²) >= 11 is 4.70. The van der Waals surface area contributed by atoms with E-state index in [0.29, 0.717) is 11.3 Å². The van der Waals surface area contributed by atoms with Crippen LogP contribution in [-0.4, -0.2) is 10.2 Å². The van der Waals surface area contributed by atoms with Crippen LogP contribution in [0.5, 0.6) is 0 Å². The molecule has 0 aliphatic carbocycles. The van der Waals surface area contributed by atoms with Gasteiger partial charge in [0.05, 0.1) is 11.8 Å². The van der Waals surface area contributed by atoms with E-state index in [-0.39, 0.29) is 5.05 Å². The van der Waals surface area contributed by atoms with Crippen molar-refractivity contribution in [3.8, 4) is 11.3 Å². The molecule has 2 aromatic rings. The number of furan rings is 1. The number of thiocarbonyl (C=S) groups is 1. The molecule has 0 bridgehead atoms. The molecule has 0 atom stereocenters. The number of rotatable bonds is 2. The lowest BCUT2D eigenvalue weighted by Gasteiger charge is -1.98. The smallest absolute Gasteiger partial charge is 0.192 e. The first kappa shape index (κ1) is 8.97. The fourth-order valence-electron chi connectivity index (χ4n) is 1.29. The summed E-state index contributed by atoms with van der Waals surface area (Å²) in [5.41, 5.74) is 1.47. The molecule has 0 aliphatic rings. The van der Waals surface area contributed by atoms with Gasteiger partial charge >= 0.3 is 0 Å². The van der Waals surface area contributed by atoms with Crippen molar-refractivity contribution in [1.82, 2.24) is 0 Å². The highest BCUT2D eigenvalue weighted by Gasteiger charge is 2.11. The lowest BCUT2D eigenvalue weighted by atomic mass is 10.1. The molecule has 2 rings (SSSR count). The molecule has 0 unspecified atom stereocenters. The molecule has 1 aromatic heterocycles. The van der Waals surface area contributed by atoms with E-state index in [4.69, 9.17) is 16.6 Å². The minimum absolute atomic E-state index is 0.141. The molecule has 0 aliphatic heterocycles. The number of benzene rings is 1. The van der Waals surface area contributed by atoms with Crippen LogP contribution in [0, 0.1) is 0 Å². The van der Waals surface area contributed by atoms with Crippen LogP contribution in [-0.2, 0) is 0 Å². The zero-order valence-electron chi connectivity index (χ0n) is 7.31. The van der Waals surface area contributed by atoms with Crippen molar-refractivity contribution in [2.45, 2.75) is 0 Å². The first-order chi connectivity index (χ1) is 6.79.